The van der Waals surface area contributed by atoms with E-state index in [0.29, 0.717) is 26.1 Å². The minimum atomic E-state index is -0.950. The zero-order valence-electron chi connectivity index (χ0n) is 12.5. The van der Waals surface area contributed by atoms with Crippen molar-refractivity contribution >= 4 is 12.0 Å². The van der Waals surface area contributed by atoms with Gasteiger partial charge in [0.05, 0.1) is 6.10 Å². The first-order valence-corrected chi connectivity index (χ1v) is 7.15. The van der Waals surface area contributed by atoms with Gasteiger partial charge in [0.2, 0.25) is 0 Å². The highest BCUT2D eigenvalue weighted by molar-refractivity contribution is 5.83. The van der Waals surface area contributed by atoms with Crippen LogP contribution < -0.4 is 0 Å². The van der Waals surface area contributed by atoms with E-state index in [1.54, 1.807) is 12.0 Å². The average Bonchev–Trinajstić information content (AvgIpc) is 2.81. The lowest BCUT2D eigenvalue weighted by molar-refractivity contribution is -0.141. The summed E-state index contributed by atoms with van der Waals surface area (Å²) >= 11 is 0. The fourth-order valence-electron chi connectivity index (χ4n) is 3.18. The molecule has 2 atom stereocenters. The van der Waals surface area contributed by atoms with Crippen molar-refractivity contribution in [2.75, 3.05) is 26.7 Å². The van der Waals surface area contributed by atoms with Crippen molar-refractivity contribution in [2.24, 2.45) is 5.41 Å². The Morgan fingerprint density at radius 2 is 2.05 bits per heavy atom. The lowest BCUT2D eigenvalue weighted by Gasteiger charge is -2.40. The summed E-state index contributed by atoms with van der Waals surface area (Å²) in [6.45, 7) is 6.05. The van der Waals surface area contributed by atoms with Gasteiger partial charge in [0.15, 0.2) is 0 Å². The second-order valence-corrected chi connectivity index (χ2v) is 6.57. The summed E-state index contributed by atoms with van der Waals surface area (Å²) in [7, 11) is 1.56. The molecule has 6 nitrogen and oxygen atoms in total. The summed E-state index contributed by atoms with van der Waals surface area (Å²) in [4.78, 5) is 27.2. The number of likely N-dealkylation sites (tertiary alicyclic amines) is 2. The van der Waals surface area contributed by atoms with Crippen LogP contribution in [0.3, 0.4) is 0 Å². The number of ether oxygens (including phenoxy) is 1. The quantitative estimate of drug-likeness (QED) is 0.832. The Kier molecular flexibility index (Phi) is 4.22. The predicted octanol–water partition coefficient (Wildman–Crippen LogP) is 1.40. The number of hydrogen-bond acceptors (Lipinski definition) is 3. The van der Waals surface area contributed by atoms with Gasteiger partial charge < -0.3 is 19.6 Å². The molecule has 2 unspecified atom stereocenters. The molecule has 114 valence electrons. The molecular weight excluding hydrogens is 260 g/mol. The maximum atomic E-state index is 12.6. The van der Waals surface area contributed by atoms with E-state index in [4.69, 9.17) is 4.74 Å². The van der Waals surface area contributed by atoms with Crippen molar-refractivity contribution in [3.63, 3.8) is 0 Å². The first-order chi connectivity index (χ1) is 9.34. The molecule has 2 fully saturated rings. The summed E-state index contributed by atoms with van der Waals surface area (Å²) in [5.74, 6) is -0.950. The summed E-state index contributed by atoms with van der Waals surface area (Å²) in [5.41, 5.74) is 0.104. The molecule has 0 saturated carbocycles. The smallest absolute Gasteiger partial charge is 0.326 e. The number of piperidine rings is 1. The van der Waals surface area contributed by atoms with Gasteiger partial charge in [-0.3, -0.25) is 0 Å². The van der Waals surface area contributed by atoms with Gasteiger partial charge in [-0.05, 0) is 18.3 Å². The molecular formula is C14H24N2O4. The summed E-state index contributed by atoms with van der Waals surface area (Å²) in [5, 5.41) is 9.28. The van der Waals surface area contributed by atoms with Crippen LogP contribution in [0.2, 0.25) is 0 Å². The molecule has 2 amide bonds. The molecule has 0 spiro atoms. The van der Waals surface area contributed by atoms with Crippen molar-refractivity contribution in [1.29, 1.82) is 0 Å². The third kappa shape index (κ3) is 3.06. The van der Waals surface area contributed by atoms with Gasteiger partial charge in [0, 0.05) is 33.2 Å². The number of rotatable bonds is 2. The van der Waals surface area contributed by atoms with Crippen LogP contribution >= 0.6 is 0 Å². The maximum Gasteiger partial charge on any atom is 0.326 e. The standard InChI is InChI=1S/C14H24N2O4/c1-14(2)5-4-6-15(9-14)13(19)16-8-10(20-3)7-11(16)12(17)18/h10-11H,4-9H2,1-3H3,(H,17,18). The molecule has 2 aliphatic heterocycles. The fraction of sp³-hybridized carbons (Fsp3) is 0.857. The van der Waals surface area contributed by atoms with Crippen molar-refractivity contribution in [3.8, 4) is 0 Å². The lowest BCUT2D eigenvalue weighted by atomic mass is 9.84. The molecule has 1 N–H and O–H groups in total. The van der Waals surface area contributed by atoms with Crippen LogP contribution in [0.4, 0.5) is 4.79 Å². The number of aliphatic carboxylic acids is 1. The van der Waals surface area contributed by atoms with Crippen molar-refractivity contribution in [2.45, 2.75) is 45.3 Å². The molecule has 2 saturated heterocycles. The molecule has 6 heteroatoms. The van der Waals surface area contributed by atoms with Gasteiger partial charge >= 0.3 is 12.0 Å². The second kappa shape index (κ2) is 5.60. The molecule has 2 rings (SSSR count). The van der Waals surface area contributed by atoms with Crippen LogP contribution in [-0.2, 0) is 9.53 Å². The minimum absolute atomic E-state index is 0.104. The van der Waals surface area contributed by atoms with Crippen LogP contribution in [0.15, 0.2) is 0 Å². The first-order valence-electron chi connectivity index (χ1n) is 7.15. The number of carbonyl (C=O) groups excluding carboxylic acids is 1. The van der Waals surface area contributed by atoms with E-state index in [2.05, 4.69) is 13.8 Å². The Bertz CT molecular complexity index is 397. The molecule has 0 aromatic rings. The van der Waals surface area contributed by atoms with Crippen molar-refractivity contribution in [3.05, 3.63) is 0 Å². The number of carbonyl (C=O) groups is 2. The maximum absolute atomic E-state index is 12.6. The van der Waals surface area contributed by atoms with Crippen LogP contribution in [0, 0.1) is 5.41 Å². The molecule has 0 aromatic carbocycles. The predicted molar refractivity (Wildman–Crippen MR) is 73.5 cm³/mol. The van der Waals surface area contributed by atoms with Crippen molar-refractivity contribution < 1.29 is 19.4 Å². The third-order valence-corrected chi connectivity index (χ3v) is 4.30. The number of carboxylic acid groups (broad SMARTS) is 1. The highest BCUT2D eigenvalue weighted by Gasteiger charge is 2.42. The Morgan fingerprint density at radius 3 is 2.60 bits per heavy atom. The zero-order valence-corrected chi connectivity index (χ0v) is 12.5. The van der Waals surface area contributed by atoms with E-state index in [1.807, 2.05) is 0 Å². The molecule has 0 aromatic heterocycles. The molecule has 20 heavy (non-hydrogen) atoms. The SMILES string of the molecule is COC1CC(C(=O)O)N(C(=O)N2CCCC(C)(C)C2)C1. The van der Waals surface area contributed by atoms with E-state index in [1.165, 1.54) is 4.90 Å². The van der Waals surface area contributed by atoms with E-state index >= 15 is 0 Å². The van der Waals surface area contributed by atoms with E-state index in [-0.39, 0.29) is 17.6 Å². The van der Waals surface area contributed by atoms with Crippen LogP contribution in [-0.4, -0.2) is 65.8 Å². The summed E-state index contributed by atoms with van der Waals surface area (Å²) in [6.07, 6.45) is 2.25. The zero-order chi connectivity index (χ0) is 14.9. The summed E-state index contributed by atoms with van der Waals surface area (Å²) < 4.78 is 5.22. The highest BCUT2D eigenvalue weighted by atomic mass is 16.5. The van der Waals surface area contributed by atoms with Gasteiger partial charge in [-0.2, -0.15) is 0 Å². The van der Waals surface area contributed by atoms with Gasteiger partial charge in [0.1, 0.15) is 6.04 Å². The van der Waals surface area contributed by atoms with Gasteiger partial charge in [-0.15, -0.1) is 0 Å². The number of nitrogens with zero attached hydrogens (tertiary/aromatic N) is 2. The molecule has 0 aliphatic carbocycles. The van der Waals surface area contributed by atoms with Gasteiger partial charge in [-0.1, -0.05) is 13.8 Å². The Morgan fingerprint density at radius 1 is 1.35 bits per heavy atom. The fourth-order valence-corrected chi connectivity index (χ4v) is 3.18. The monoisotopic (exact) mass is 284 g/mol. The molecule has 2 aliphatic rings. The normalized spacial score (nSPS) is 29.6. The lowest BCUT2D eigenvalue weighted by Crippen LogP contribution is -2.52. The van der Waals surface area contributed by atoms with Gasteiger partial charge in [-0.25, -0.2) is 9.59 Å². The van der Waals surface area contributed by atoms with Crippen LogP contribution in [0.25, 0.3) is 0 Å². The van der Waals surface area contributed by atoms with Crippen LogP contribution in [0.1, 0.15) is 33.1 Å². The second-order valence-electron chi connectivity index (χ2n) is 6.57. The average molecular weight is 284 g/mol. The largest absolute Gasteiger partial charge is 0.480 e. The van der Waals surface area contributed by atoms with E-state index < -0.39 is 12.0 Å². The number of urea groups is 1. The molecule has 0 bridgehead atoms. The van der Waals surface area contributed by atoms with E-state index in [9.17, 15) is 14.7 Å². The highest BCUT2D eigenvalue weighted by Crippen LogP contribution is 2.30. The molecule has 0 radical (unpaired) electrons. The first kappa shape index (κ1) is 15.1. The number of amides is 2. The Labute approximate surface area is 119 Å². The third-order valence-electron chi connectivity index (χ3n) is 4.30. The topological polar surface area (TPSA) is 70.1 Å². The van der Waals surface area contributed by atoms with E-state index in [0.717, 1.165) is 12.8 Å². The van der Waals surface area contributed by atoms with Gasteiger partial charge in [0.25, 0.3) is 0 Å². The Balaban J connectivity index is 2.08. The Hall–Kier alpha value is -1.30. The number of hydrogen-bond donors (Lipinski definition) is 1. The van der Waals surface area contributed by atoms with Crippen molar-refractivity contribution in [1.82, 2.24) is 9.80 Å². The minimum Gasteiger partial charge on any atom is -0.480 e. The van der Waals surface area contributed by atoms with Crippen LogP contribution in [0.5, 0.6) is 0 Å². The number of methoxy groups -OCH3 is 1. The molecule has 2 heterocycles. The number of carboxylic acids is 1. The summed E-state index contributed by atoms with van der Waals surface area (Å²) in [6, 6.07) is -0.929.